The molecule has 0 aliphatic carbocycles. The van der Waals surface area contributed by atoms with E-state index in [1.165, 1.54) is 5.56 Å². The lowest BCUT2D eigenvalue weighted by Crippen LogP contribution is -2.47. The van der Waals surface area contributed by atoms with Crippen LogP contribution in [0.15, 0.2) is 43.0 Å². The minimum absolute atomic E-state index is 0.213. The van der Waals surface area contributed by atoms with Gasteiger partial charge in [-0.15, -0.1) is 6.58 Å². The van der Waals surface area contributed by atoms with Crippen LogP contribution in [0, 0.1) is 0 Å². The van der Waals surface area contributed by atoms with Crippen LogP contribution >= 0.6 is 0 Å². The molecule has 1 atom stereocenters. The number of hydrogen-bond acceptors (Lipinski definition) is 1. The van der Waals surface area contributed by atoms with Crippen LogP contribution in [0.25, 0.3) is 0 Å². The van der Waals surface area contributed by atoms with Crippen molar-refractivity contribution in [2.45, 2.75) is 57.8 Å². The van der Waals surface area contributed by atoms with E-state index in [0.717, 1.165) is 6.42 Å². The first-order valence-electron chi connectivity index (χ1n) is 6.99. The average Bonchev–Trinajstić information content (AvgIpc) is 2.28. The van der Waals surface area contributed by atoms with Gasteiger partial charge in [-0.3, -0.25) is 0 Å². The third kappa shape index (κ3) is 3.80. The maximum atomic E-state index is 6.68. The molecule has 106 valence electrons. The monoisotopic (exact) mass is 276 g/mol. The topological polar surface area (TPSA) is 9.23 Å². The Hall–Kier alpha value is -0.863. The van der Waals surface area contributed by atoms with Gasteiger partial charge in [0.1, 0.15) is 0 Å². The molecule has 0 aliphatic rings. The molecule has 0 amide bonds. The van der Waals surface area contributed by atoms with Crippen molar-refractivity contribution in [1.82, 2.24) is 0 Å². The van der Waals surface area contributed by atoms with Gasteiger partial charge < -0.3 is 4.43 Å². The predicted octanol–water partition coefficient (Wildman–Crippen LogP) is 5.50. The summed E-state index contributed by atoms with van der Waals surface area (Å²) in [5.41, 5.74) is 0.964. The van der Waals surface area contributed by atoms with Crippen molar-refractivity contribution in [3.8, 4) is 0 Å². The van der Waals surface area contributed by atoms with E-state index in [2.05, 4.69) is 71.6 Å². The molecule has 1 aromatic rings. The van der Waals surface area contributed by atoms with E-state index in [9.17, 15) is 0 Å². The van der Waals surface area contributed by atoms with Crippen molar-refractivity contribution in [2.24, 2.45) is 0 Å². The maximum Gasteiger partial charge on any atom is 0.193 e. The van der Waals surface area contributed by atoms with Gasteiger partial charge in [-0.2, -0.15) is 0 Å². The Labute approximate surface area is 119 Å². The van der Waals surface area contributed by atoms with Crippen molar-refractivity contribution in [1.29, 1.82) is 0 Å². The van der Waals surface area contributed by atoms with Crippen molar-refractivity contribution in [3.05, 3.63) is 48.6 Å². The molecule has 0 saturated carbocycles. The number of benzene rings is 1. The van der Waals surface area contributed by atoms with Crippen LogP contribution in [0.1, 0.15) is 39.7 Å². The number of rotatable bonds is 5. The molecule has 0 unspecified atom stereocenters. The molecule has 0 radical (unpaired) electrons. The van der Waals surface area contributed by atoms with Crippen molar-refractivity contribution in [2.75, 3.05) is 0 Å². The van der Waals surface area contributed by atoms with Gasteiger partial charge in [0.2, 0.25) is 0 Å². The van der Waals surface area contributed by atoms with Gasteiger partial charge in [0, 0.05) is 0 Å². The van der Waals surface area contributed by atoms with Gasteiger partial charge in [0.25, 0.3) is 0 Å². The normalized spacial score (nSPS) is 15.9. The van der Waals surface area contributed by atoms with Crippen LogP contribution in [-0.4, -0.2) is 8.32 Å². The summed E-state index contributed by atoms with van der Waals surface area (Å²) in [6.07, 6.45) is 2.80. The molecule has 0 aliphatic heterocycles. The van der Waals surface area contributed by atoms with Crippen LogP contribution in [-0.2, 0) is 10.0 Å². The van der Waals surface area contributed by atoms with Crippen LogP contribution in [0.2, 0.25) is 18.1 Å². The fourth-order valence-electron chi connectivity index (χ4n) is 2.00. The van der Waals surface area contributed by atoms with E-state index in [0.29, 0.717) is 0 Å². The summed E-state index contributed by atoms with van der Waals surface area (Å²) in [5.74, 6) is 0. The molecule has 1 nitrogen and oxygen atoms in total. The first-order chi connectivity index (χ1) is 8.62. The Morgan fingerprint density at radius 3 is 2.05 bits per heavy atom. The van der Waals surface area contributed by atoms with E-state index in [4.69, 9.17) is 4.43 Å². The summed E-state index contributed by atoms with van der Waals surface area (Å²) in [5, 5.41) is 0.213. The van der Waals surface area contributed by atoms with E-state index in [1.54, 1.807) is 0 Å². The zero-order valence-electron chi connectivity index (χ0n) is 13.3. The lowest BCUT2D eigenvalue weighted by atomic mass is 9.93. The molecule has 1 rings (SSSR count). The largest absolute Gasteiger partial charge is 0.407 e. The first kappa shape index (κ1) is 16.2. The van der Waals surface area contributed by atoms with Crippen molar-refractivity contribution < 1.29 is 4.43 Å². The molecule has 0 N–H and O–H groups in total. The van der Waals surface area contributed by atoms with Crippen LogP contribution < -0.4 is 0 Å². The Morgan fingerprint density at radius 1 is 1.11 bits per heavy atom. The quantitative estimate of drug-likeness (QED) is 0.509. The van der Waals surface area contributed by atoms with Crippen LogP contribution in [0.4, 0.5) is 0 Å². The Balaban J connectivity index is 3.12. The molecule has 0 aromatic heterocycles. The summed E-state index contributed by atoms with van der Waals surface area (Å²) < 4.78 is 6.68. The lowest BCUT2D eigenvalue weighted by Gasteiger charge is -2.44. The van der Waals surface area contributed by atoms with Gasteiger partial charge in [0.05, 0.1) is 5.60 Å². The number of hydrogen-bond donors (Lipinski definition) is 0. The zero-order valence-corrected chi connectivity index (χ0v) is 14.3. The highest BCUT2D eigenvalue weighted by molar-refractivity contribution is 6.74. The fourth-order valence-corrected chi connectivity index (χ4v) is 3.63. The van der Waals surface area contributed by atoms with Gasteiger partial charge in [-0.05, 0) is 37.0 Å². The predicted molar refractivity (Wildman–Crippen MR) is 86.9 cm³/mol. The summed E-state index contributed by atoms with van der Waals surface area (Å²) in [7, 11) is -1.81. The summed E-state index contributed by atoms with van der Waals surface area (Å²) in [4.78, 5) is 0. The molecule has 0 spiro atoms. The molecule has 0 fully saturated rings. The van der Waals surface area contributed by atoms with Crippen LogP contribution in [0.5, 0.6) is 0 Å². The summed E-state index contributed by atoms with van der Waals surface area (Å²) in [6, 6.07) is 10.5. The smallest absolute Gasteiger partial charge is 0.193 e. The van der Waals surface area contributed by atoms with Crippen molar-refractivity contribution in [3.63, 3.8) is 0 Å². The zero-order chi connectivity index (χ0) is 14.7. The minimum atomic E-state index is -1.81. The highest BCUT2D eigenvalue weighted by Gasteiger charge is 2.43. The van der Waals surface area contributed by atoms with Gasteiger partial charge in [0.15, 0.2) is 8.32 Å². The molecule has 2 heteroatoms. The third-order valence-corrected chi connectivity index (χ3v) is 8.78. The third-order valence-electron chi connectivity index (χ3n) is 4.20. The average molecular weight is 276 g/mol. The van der Waals surface area contributed by atoms with Crippen molar-refractivity contribution >= 4 is 8.32 Å². The SMILES string of the molecule is C=CC[C@](C)(O[Si](C)(C)C(C)(C)C)c1ccccc1. The molecular weight excluding hydrogens is 248 g/mol. The molecule has 1 aromatic carbocycles. The maximum absolute atomic E-state index is 6.68. The van der Waals surface area contributed by atoms with Gasteiger partial charge >= 0.3 is 0 Å². The first-order valence-corrected chi connectivity index (χ1v) is 9.90. The van der Waals surface area contributed by atoms with Gasteiger partial charge in [-0.1, -0.05) is 57.2 Å². The highest BCUT2D eigenvalue weighted by atomic mass is 28.4. The Morgan fingerprint density at radius 2 is 1.63 bits per heavy atom. The second kappa shape index (κ2) is 5.64. The molecule has 0 bridgehead atoms. The minimum Gasteiger partial charge on any atom is -0.407 e. The highest BCUT2D eigenvalue weighted by Crippen LogP contribution is 2.43. The summed E-state index contributed by atoms with van der Waals surface area (Å²) >= 11 is 0. The van der Waals surface area contributed by atoms with E-state index in [-0.39, 0.29) is 10.6 Å². The molecular formula is C17H28OSi. The molecule has 19 heavy (non-hydrogen) atoms. The van der Waals surface area contributed by atoms with Gasteiger partial charge in [-0.25, -0.2) is 0 Å². The van der Waals surface area contributed by atoms with Crippen LogP contribution in [0.3, 0.4) is 0 Å². The van der Waals surface area contributed by atoms with E-state index in [1.807, 2.05) is 12.1 Å². The second-order valence-electron chi connectivity index (χ2n) is 6.95. The molecule has 0 saturated heterocycles. The van der Waals surface area contributed by atoms with E-state index >= 15 is 0 Å². The fraction of sp³-hybridized carbons (Fsp3) is 0.529. The Bertz CT molecular complexity index is 417. The second-order valence-corrected chi connectivity index (χ2v) is 11.7. The lowest BCUT2D eigenvalue weighted by molar-refractivity contribution is 0.0728. The molecule has 0 heterocycles. The van der Waals surface area contributed by atoms with E-state index < -0.39 is 8.32 Å². The summed E-state index contributed by atoms with van der Waals surface area (Å²) in [6.45, 7) is 17.5. The Kier molecular flexibility index (Phi) is 4.80. The standard InChI is InChI=1S/C17H28OSi/c1-8-14-17(5,15-12-10-9-11-13-15)18-19(6,7)16(2,3)4/h8-13H,1,14H2,2-7H3/t17-/m0/s1.